The molecule has 4 nitrogen and oxygen atoms in total. The molecule has 0 aliphatic carbocycles. The predicted octanol–water partition coefficient (Wildman–Crippen LogP) is 4.42. The molecule has 0 amide bonds. The monoisotopic (exact) mass is 326 g/mol. The summed E-state index contributed by atoms with van der Waals surface area (Å²) in [6.07, 6.45) is 2.54. The van der Waals surface area contributed by atoms with E-state index in [0.717, 1.165) is 11.5 Å². The van der Waals surface area contributed by atoms with Crippen LogP contribution in [-0.2, 0) is 4.79 Å². The fraction of sp³-hybridized carbons (Fsp3) is 0. The molecule has 0 saturated carbocycles. The summed E-state index contributed by atoms with van der Waals surface area (Å²) in [5.41, 5.74) is 1.76. The quantitative estimate of drug-likeness (QED) is 0.569. The molecule has 0 bridgehead atoms. The number of aliphatic carboxylic acids is 1. The Morgan fingerprint density at radius 2 is 1.78 bits per heavy atom. The topological polar surface area (TPSA) is 67.5 Å². The van der Waals surface area contributed by atoms with Crippen LogP contribution in [0.25, 0.3) is 17.0 Å². The van der Waals surface area contributed by atoms with E-state index in [1.54, 1.807) is 48.5 Å². The number of carboxylic acid groups (broad SMARTS) is 1. The maximum absolute atomic E-state index is 12.4. The number of ketones is 1. The molecule has 23 heavy (non-hydrogen) atoms. The van der Waals surface area contributed by atoms with Crippen molar-refractivity contribution < 1.29 is 19.1 Å². The van der Waals surface area contributed by atoms with Gasteiger partial charge in [-0.05, 0) is 54.1 Å². The van der Waals surface area contributed by atoms with Crippen LogP contribution in [0.2, 0.25) is 5.02 Å². The van der Waals surface area contributed by atoms with Gasteiger partial charge >= 0.3 is 5.97 Å². The van der Waals surface area contributed by atoms with Crippen molar-refractivity contribution in [2.24, 2.45) is 0 Å². The van der Waals surface area contributed by atoms with Crippen LogP contribution >= 0.6 is 11.6 Å². The van der Waals surface area contributed by atoms with Crippen LogP contribution < -0.4 is 0 Å². The molecule has 1 N–H and O–H groups in total. The first-order valence-electron chi connectivity index (χ1n) is 6.78. The van der Waals surface area contributed by atoms with Crippen molar-refractivity contribution in [3.8, 4) is 0 Å². The summed E-state index contributed by atoms with van der Waals surface area (Å²) in [4.78, 5) is 22.9. The Morgan fingerprint density at radius 3 is 2.48 bits per heavy atom. The zero-order valence-electron chi connectivity index (χ0n) is 11.8. The van der Waals surface area contributed by atoms with Gasteiger partial charge in [0.25, 0.3) is 0 Å². The summed E-state index contributed by atoms with van der Waals surface area (Å²) in [5, 5.41) is 9.94. The number of benzene rings is 2. The lowest BCUT2D eigenvalue weighted by Crippen LogP contribution is -1.98. The lowest BCUT2D eigenvalue weighted by atomic mass is 10.1. The lowest BCUT2D eigenvalue weighted by molar-refractivity contribution is -0.131. The molecule has 0 atom stereocenters. The van der Waals surface area contributed by atoms with E-state index in [4.69, 9.17) is 21.1 Å². The predicted molar refractivity (Wildman–Crippen MR) is 87.8 cm³/mol. The number of furan rings is 1. The Bertz CT molecular complexity index is 920. The molecule has 0 radical (unpaired) electrons. The van der Waals surface area contributed by atoms with Gasteiger partial charge in [0.15, 0.2) is 5.76 Å². The van der Waals surface area contributed by atoms with E-state index >= 15 is 0 Å². The van der Waals surface area contributed by atoms with Crippen molar-refractivity contribution in [1.82, 2.24) is 0 Å². The molecule has 0 aliphatic heterocycles. The van der Waals surface area contributed by atoms with Gasteiger partial charge in [-0.3, -0.25) is 4.79 Å². The SMILES string of the molecule is O=C(O)/C=C/c1ccc2oc(C(=O)c3ccc(Cl)cc3)cc2c1. The molecule has 0 spiro atoms. The molecular formula is C18H11ClO4. The van der Waals surface area contributed by atoms with Gasteiger partial charge in [-0.1, -0.05) is 17.7 Å². The Balaban J connectivity index is 1.94. The number of carbonyl (C=O) groups is 2. The van der Waals surface area contributed by atoms with Crippen molar-refractivity contribution in [1.29, 1.82) is 0 Å². The molecule has 114 valence electrons. The van der Waals surface area contributed by atoms with Gasteiger partial charge in [-0.25, -0.2) is 4.79 Å². The lowest BCUT2D eigenvalue weighted by Gasteiger charge is -1.97. The average Bonchev–Trinajstić information content (AvgIpc) is 2.96. The molecule has 2 aromatic carbocycles. The van der Waals surface area contributed by atoms with Crippen molar-refractivity contribution in [2.45, 2.75) is 0 Å². The molecule has 1 heterocycles. The molecule has 3 aromatic rings. The van der Waals surface area contributed by atoms with E-state index in [0.29, 0.717) is 21.7 Å². The van der Waals surface area contributed by atoms with Crippen LogP contribution in [0.4, 0.5) is 0 Å². The molecule has 0 unspecified atom stereocenters. The van der Waals surface area contributed by atoms with Crippen LogP contribution in [0.5, 0.6) is 0 Å². The summed E-state index contributed by atoms with van der Waals surface area (Å²) >= 11 is 5.81. The van der Waals surface area contributed by atoms with Crippen LogP contribution in [0, 0.1) is 0 Å². The van der Waals surface area contributed by atoms with Crippen molar-refractivity contribution >= 4 is 40.4 Å². The third-order valence-corrected chi connectivity index (χ3v) is 3.54. The molecule has 3 rings (SSSR count). The Kier molecular flexibility index (Phi) is 4.00. The number of rotatable bonds is 4. The number of fused-ring (bicyclic) bond motifs is 1. The number of halogens is 1. The van der Waals surface area contributed by atoms with Gasteiger partial charge in [-0.15, -0.1) is 0 Å². The maximum atomic E-state index is 12.4. The highest BCUT2D eigenvalue weighted by Gasteiger charge is 2.14. The van der Waals surface area contributed by atoms with Gasteiger partial charge in [0.05, 0.1) is 0 Å². The van der Waals surface area contributed by atoms with E-state index in [9.17, 15) is 9.59 Å². The normalized spacial score (nSPS) is 11.2. The first-order valence-corrected chi connectivity index (χ1v) is 7.15. The second kappa shape index (κ2) is 6.10. The second-order valence-corrected chi connectivity index (χ2v) is 5.35. The number of hydrogen-bond donors (Lipinski definition) is 1. The minimum absolute atomic E-state index is 0.224. The first kappa shape index (κ1) is 15.1. The second-order valence-electron chi connectivity index (χ2n) is 4.92. The summed E-state index contributed by atoms with van der Waals surface area (Å²) in [6.45, 7) is 0. The minimum atomic E-state index is -1.02. The zero-order valence-corrected chi connectivity index (χ0v) is 12.6. The maximum Gasteiger partial charge on any atom is 0.328 e. The van der Waals surface area contributed by atoms with Crippen LogP contribution in [-0.4, -0.2) is 16.9 Å². The van der Waals surface area contributed by atoms with E-state index in [-0.39, 0.29) is 11.5 Å². The highest BCUT2D eigenvalue weighted by Crippen LogP contribution is 2.24. The van der Waals surface area contributed by atoms with Gasteiger partial charge in [0.2, 0.25) is 5.78 Å². The third kappa shape index (κ3) is 3.33. The fourth-order valence-electron chi connectivity index (χ4n) is 2.19. The van der Waals surface area contributed by atoms with E-state index in [1.807, 2.05) is 0 Å². The standard InChI is InChI=1S/C18H11ClO4/c19-14-5-3-12(4-6-14)18(22)16-10-13-9-11(2-8-17(20)21)1-7-15(13)23-16/h1-10H,(H,20,21)/b8-2+. The van der Waals surface area contributed by atoms with Crippen molar-refractivity contribution in [2.75, 3.05) is 0 Å². The summed E-state index contributed by atoms with van der Waals surface area (Å²) in [6, 6.07) is 13.4. The Labute approximate surface area is 136 Å². The Hall–Kier alpha value is -2.85. The molecule has 0 aliphatic rings. The third-order valence-electron chi connectivity index (χ3n) is 3.29. The van der Waals surface area contributed by atoms with Gasteiger partial charge in [0.1, 0.15) is 5.58 Å². The molecule has 5 heteroatoms. The minimum Gasteiger partial charge on any atom is -0.478 e. The van der Waals surface area contributed by atoms with Gasteiger partial charge < -0.3 is 9.52 Å². The summed E-state index contributed by atoms with van der Waals surface area (Å²) in [5.74, 6) is -1.03. The van der Waals surface area contributed by atoms with E-state index in [1.165, 1.54) is 6.08 Å². The Morgan fingerprint density at radius 1 is 1.04 bits per heavy atom. The summed E-state index contributed by atoms with van der Waals surface area (Å²) in [7, 11) is 0. The van der Waals surface area contributed by atoms with E-state index < -0.39 is 5.97 Å². The number of carbonyl (C=O) groups excluding carboxylic acids is 1. The fourth-order valence-corrected chi connectivity index (χ4v) is 2.31. The highest BCUT2D eigenvalue weighted by atomic mass is 35.5. The van der Waals surface area contributed by atoms with Crippen LogP contribution in [0.3, 0.4) is 0 Å². The smallest absolute Gasteiger partial charge is 0.328 e. The molecular weight excluding hydrogens is 316 g/mol. The summed E-state index contributed by atoms with van der Waals surface area (Å²) < 4.78 is 5.57. The largest absolute Gasteiger partial charge is 0.478 e. The number of hydrogen-bond acceptors (Lipinski definition) is 3. The van der Waals surface area contributed by atoms with E-state index in [2.05, 4.69) is 0 Å². The molecule has 0 fully saturated rings. The van der Waals surface area contributed by atoms with Crippen molar-refractivity contribution in [3.05, 3.63) is 76.5 Å². The average molecular weight is 327 g/mol. The van der Waals surface area contributed by atoms with Crippen LogP contribution in [0.1, 0.15) is 21.7 Å². The molecule has 0 saturated heterocycles. The zero-order chi connectivity index (χ0) is 16.4. The van der Waals surface area contributed by atoms with Gasteiger partial charge in [-0.2, -0.15) is 0 Å². The van der Waals surface area contributed by atoms with Crippen LogP contribution in [0.15, 0.2) is 59.0 Å². The van der Waals surface area contributed by atoms with Gasteiger partial charge in [0, 0.05) is 22.0 Å². The number of carboxylic acids is 1. The highest BCUT2D eigenvalue weighted by molar-refractivity contribution is 6.30. The molecule has 1 aromatic heterocycles. The first-order chi connectivity index (χ1) is 11.0. The van der Waals surface area contributed by atoms with Crippen molar-refractivity contribution in [3.63, 3.8) is 0 Å².